The van der Waals surface area contributed by atoms with E-state index in [2.05, 4.69) is 30.2 Å². The minimum absolute atomic E-state index is 0.211. The molecule has 1 aromatic carbocycles. The van der Waals surface area contributed by atoms with Gasteiger partial charge in [-0.05, 0) is 24.6 Å². The molecule has 0 bridgehead atoms. The molecule has 0 fully saturated rings. The van der Waals surface area contributed by atoms with Crippen molar-refractivity contribution in [2.24, 2.45) is 5.10 Å². The standard InChI is InChI=1S/C21H28N4O7S/c1-28-11-12-30-14-13-29-10-4-9-22-21(26)18-7-8-20(23-15-18)25-24-16-17-5-2-3-6-19(17)33-32-31-27/h2-3,5-8,15-16,27H,4,9-14H2,1H3,(H,22,26)(H,23,25)/b24-16+. The van der Waals surface area contributed by atoms with E-state index in [0.717, 1.165) is 17.6 Å². The summed E-state index contributed by atoms with van der Waals surface area (Å²) in [5, 5.41) is 18.8. The summed E-state index contributed by atoms with van der Waals surface area (Å²) in [7, 11) is 1.63. The second-order valence-corrected chi connectivity index (χ2v) is 7.14. The lowest BCUT2D eigenvalue weighted by atomic mass is 10.2. The topological polar surface area (TPSA) is 133 Å². The molecule has 0 radical (unpaired) electrons. The second-order valence-electron chi connectivity index (χ2n) is 6.39. The van der Waals surface area contributed by atoms with E-state index < -0.39 is 0 Å². The smallest absolute Gasteiger partial charge is 0.252 e. The zero-order valence-corrected chi connectivity index (χ0v) is 19.1. The number of carbonyl (C=O) groups excluding carboxylic acids is 1. The van der Waals surface area contributed by atoms with Crippen LogP contribution in [0.5, 0.6) is 0 Å². The van der Waals surface area contributed by atoms with Gasteiger partial charge in [-0.3, -0.25) is 10.2 Å². The molecular formula is C21H28N4O7S. The summed E-state index contributed by atoms with van der Waals surface area (Å²) in [4.78, 5) is 17.1. The third kappa shape index (κ3) is 11.2. The van der Waals surface area contributed by atoms with Gasteiger partial charge in [-0.25, -0.2) is 10.2 Å². The van der Waals surface area contributed by atoms with Crippen molar-refractivity contribution in [3.8, 4) is 0 Å². The maximum absolute atomic E-state index is 12.2. The molecule has 12 heteroatoms. The highest BCUT2D eigenvalue weighted by Crippen LogP contribution is 2.22. The van der Waals surface area contributed by atoms with Crippen molar-refractivity contribution in [1.29, 1.82) is 0 Å². The van der Waals surface area contributed by atoms with Crippen LogP contribution in [0.15, 0.2) is 52.6 Å². The third-order valence-corrected chi connectivity index (χ3v) is 4.72. The van der Waals surface area contributed by atoms with Crippen molar-refractivity contribution in [1.82, 2.24) is 10.3 Å². The lowest BCUT2D eigenvalue weighted by Crippen LogP contribution is -2.25. The number of hydrogen-bond donors (Lipinski definition) is 3. The Labute approximate surface area is 196 Å². The highest BCUT2D eigenvalue weighted by atomic mass is 32.2. The summed E-state index contributed by atoms with van der Waals surface area (Å²) in [6.07, 6.45) is 3.73. The zero-order chi connectivity index (χ0) is 23.6. The number of nitrogens with zero attached hydrogens (tertiary/aromatic N) is 2. The Hall–Kier alpha value is -2.58. The second kappa shape index (κ2) is 17.0. The molecule has 2 rings (SSSR count). The first-order valence-corrected chi connectivity index (χ1v) is 10.9. The van der Waals surface area contributed by atoms with E-state index in [-0.39, 0.29) is 5.91 Å². The average Bonchev–Trinajstić information content (AvgIpc) is 2.85. The number of nitrogens with one attached hydrogen (secondary N) is 2. The Balaban J connectivity index is 1.66. The van der Waals surface area contributed by atoms with Crippen LogP contribution in [0, 0.1) is 0 Å². The average molecular weight is 481 g/mol. The van der Waals surface area contributed by atoms with Crippen LogP contribution in [-0.2, 0) is 23.6 Å². The molecule has 1 heterocycles. The minimum Gasteiger partial charge on any atom is -0.382 e. The van der Waals surface area contributed by atoms with E-state index in [9.17, 15) is 4.79 Å². The van der Waals surface area contributed by atoms with Gasteiger partial charge in [0.25, 0.3) is 5.91 Å². The number of hydrogen-bond acceptors (Lipinski definition) is 11. The summed E-state index contributed by atoms with van der Waals surface area (Å²) < 4.78 is 20.1. The van der Waals surface area contributed by atoms with Gasteiger partial charge in [-0.15, -0.1) is 4.33 Å². The Kier molecular flexibility index (Phi) is 13.7. The minimum atomic E-state index is -0.211. The lowest BCUT2D eigenvalue weighted by Gasteiger charge is -2.07. The normalized spacial score (nSPS) is 11.1. The molecular weight excluding hydrogens is 452 g/mol. The van der Waals surface area contributed by atoms with Gasteiger partial charge in [0.1, 0.15) is 5.82 Å². The molecule has 0 saturated heterocycles. The van der Waals surface area contributed by atoms with E-state index in [4.69, 9.17) is 19.5 Å². The molecule has 180 valence electrons. The first-order valence-electron chi connectivity index (χ1n) is 10.2. The number of methoxy groups -OCH3 is 1. The number of benzene rings is 1. The van der Waals surface area contributed by atoms with Crippen LogP contribution in [0.4, 0.5) is 5.82 Å². The van der Waals surface area contributed by atoms with Gasteiger partial charge in [0.15, 0.2) is 0 Å². The molecule has 0 aliphatic rings. The van der Waals surface area contributed by atoms with Crippen LogP contribution in [0.25, 0.3) is 0 Å². The number of aromatic nitrogens is 1. The van der Waals surface area contributed by atoms with Crippen molar-refractivity contribution in [3.63, 3.8) is 0 Å². The molecule has 1 aromatic heterocycles. The number of pyridine rings is 1. The van der Waals surface area contributed by atoms with Crippen LogP contribution in [0.2, 0.25) is 0 Å². The van der Waals surface area contributed by atoms with Crippen molar-refractivity contribution >= 4 is 30.0 Å². The number of carbonyl (C=O) groups is 1. The SMILES string of the molecule is COCCOCCOCCCNC(=O)c1ccc(N/N=C/c2ccccc2SOOO)nc1. The van der Waals surface area contributed by atoms with Crippen LogP contribution in [0.1, 0.15) is 22.3 Å². The first-order chi connectivity index (χ1) is 16.2. The van der Waals surface area contributed by atoms with Crippen LogP contribution in [-0.4, -0.2) is 69.1 Å². The van der Waals surface area contributed by atoms with Gasteiger partial charge in [0.2, 0.25) is 0 Å². The molecule has 3 N–H and O–H groups in total. The summed E-state index contributed by atoms with van der Waals surface area (Å²) in [6.45, 7) is 3.17. The molecule has 0 saturated carbocycles. The van der Waals surface area contributed by atoms with E-state index in [1.54, 1.807) is 31.5 Å². The quantitative estimate of drug-likeness (QED) is 0.102. The Morgan fingerprint density at radius 2 is 1.91 bits per heavy atom. The Bertz CT molecular complexity index is 840. The molecule has 11 nitrogen and oxygen atoms in total. The van der Waals surface area contributed by atoms with Crippen molar-refractivity contribution in [2.75, 3.05) is 52.1 Å². The predicted molar refractivity (Wildman–Crippen MR) is 123 cm³/mol. The molecule has 0 unspecified atom stereocenters. The van der Waals surface area contributed by atoms with Gasteiger partial charge >= 0.3 is 0 Å². The van der Waals surface area contributed by atoms with E-state index in [1.807, 2.05) is 18.2 Å². The highest BCUT2D eigenvalue weighted by molar-refractivity contribution is 7.94. The van der Waals surface area contributed by atoms with Gasteiger partial charge in [0.05, 0.1) is 50.2 Å². The fraction of sp³-hybridized carbons (Fsp3) is 0.381. The summed E-state index contributed by atoms with van der Waals surface area (Å²) >= 11 is 0.845. The summed E-state index contributed by atoms with van der Waals surface area (Å²) in [5.74, 6) is 0.265. The largest absolute Gasteiger partial charge is 0.382 e. The highest BCUT2D eigenvalue weighted by Gasteiger charge is 2.06. The third-order valence-electron chi connectivity index (χ3n) is 4.04. The van der Waals surface area contributed by atoms with Gasteiger partial charge in [-0.1, -0.05) is 23.2 Å². The maximum Gasteiger partial charge on any atom is 0.252 e. The number of ether oxygens (including phenoxy) is 3. The van der Waals surface area contributed by atoms with Gasteiger partial charge in [0, 0.05) is 36.9 Å². The molecule has 2 aromatic rings. The lowest BCUT2D eigenvalue weighted by molar-refractivity contribution is -0.432. The Morgan fingerprint density at radius 3 is 2.67 bits per heavy atom. The predicted octanol–water partition coefficient (Wildman–Crippen LogP) is 2.76. The maximum atomic E-state index is 12.2. The fourth-order valence-electron chi connectivity index (χ4n) is 2.42. The van der Waals surface area contributed by atoms with Gasteiger partial charge in [-0.2, -0.15) is 5.10 Å². The molecule has 1 amide bonds. The van der Waals surface area contributed by atoms with Crippen molar-refractivity contribution in [2.45, 2.75) is 11.3 Å². The molecule has 0 aliphatic heterocycles. The summed E-state index contributed by atoms with van der Waals surface area (Å²) in [5.41, 5.74) is 3.98. The monoisotopic (exact) mass is 480 g/mol. The Morgan fingerprint density at radius 1 is 1.12 bits per heavy atom. The number of amides is 1. The number of rotatable bonds is 17. The van der Waals surface area contributed by atoms with Crippen LogP contribution in [0.3, 0.4) is 0 Å². The van der Waals surface area contributed by atoms with Crippen molar-refractivity contribution < 1.29 is 33.6 Å². The molecule has 0 spiro atoms. The fourth-order valence-corrected chi connectivity index (χ4v) is 2.87. The van der Waals surface area contributed by atoms with Crippen molar-refractivity contribution in [3.05, 3.63) is 53.7 Å². The van der Waals surface area contributed by atoms with E-state index in [1.165, 1.54) is 6.20 Å². The molecule has 0 aliphatic carbocycles. The molecule has 33 heavy (non-hydrogen) atoms. The van der Waals surface area contributed by atoms with E-state index >= 15 is 0 Å². The summed E-state index contributed by atoms with van der Waals surface area (Å²) in [6, 6.07) is 10.6. The van der Waals surface area contributed by atoms with Gasteiger partial charge < -0.3 is 19.5 Å². The van der Waals surface area contributed by atoms with E-state index in [0.29, 0.717) is 62.3 Å². The first kappa shape index (κ1) is 26.7. The zero-order valence-electron chi connectivity index (χ0n) is 18.3. The van der Waals surface area contributed by atoms with Crippen LogP contribution >= 0.6 is 12.0 Å². The number of anilines is 1. The number of hydrazone groups is 1. The molecule has 0 atom stereocenters. The van der Waals surface area contributed by atoms with Crippen LogP contribution < -0.4 is 10.7 Å².